The summed E-state index contributed by atoms with van der Waals surface area (Å²) in [5.41, 5.74) is 5.65. The number of carbonyl (C=O) groups excluding carboxylic acids is 1. The van der Waals surface area contributed by atoms with Gasteiger partial charge in [-0.05, 0) is 25.2 Å². The number of carbonyl (C=O) groups is 1. The monoisotopic (exact) mass is 155 g/mol. The topological polar surface area (TPSA) is 43.1 Å². The molecule has 1 saturated carbocycles. The van der Waals surface area contributed by atoms with Gasteiger partial charge >= 0.3 is 0 Å². The second-order valence-corrected chi connectivity index (χ2v) is 3.51. The highest BCUT2D eigenvalue weighted by molar-refractivity contribution is 5.84. The normalized spacial score (nSPS) is 19.8. The quantitative estimate of drug-likeness (QED) is 0.653. The van der Waals surface area contributed by atoms with Crippen molar-refractivity contribution < 1.29 is 4.79 Å². The summed E-state index contributed by atoms with van der Waals surface area (Å²) in [4.78, 5) is 11.3. The van der Waals surface area contributed by atoms with Gasteiger partial charge in [-0.25, -0.2) is 0 Å². The molecule has 0 aliphatic heterocycles. The summed E-state index contributed by atoms with van der Waals surface area (Å²) < 4.78 is 0. The molecule has 0 aromatic carbocycles. The van der Waals surface area contributed by atoms with E-state index in [0.29, 0.717) is 5.92 Å². The predicted octanol–water partition coefficient (Wildman–Crippen LogP) is 1.48. The Morgan fingerprint density at radius 2 is 2.27 bits per heavy atom. The molecule has 0 heterocycles. The highest BCUT2D eigenvalue weighted by atomic mass is 16.1. The summed E-state index contributed by atoms with van der Waals surface area (Å²) in [5, 5.41) is 0. The molecule has 1 aliphatic carbocycles. The summed E-state index contributed by atoms with van der Waals surface area (Å²) in [6.45, 7) is 2.06. The van der Waals surface area contributed by atoms with Gasteiger partial charge in [0.2, 0.25) is 0 Å². The standard InChI is InChI=1S/C9H17NO/c1-2-3-8(10)9(11)6-7-4-5-7/h7-8H,2-6,10H2,1H3/t8-/m1/s1. The molecule has 0 bridgehead atoms. The lowest BCUT2D eigenvalue weighted by Crippen LogP contribution is -2.30. The molecule has 0 amide bonds. The van der Waals surface area contributed by atoms with Crippen LogP contribution in [0.3, 0.4) is 0 Å². The molecule has 1 atom stereocenters. The Balaban J connectivity index is 2.15. The van der Waals surface area contributed by atoms with E-state index in [1.54, 1.807) is 0 Å². The maximum absolute atomic E-state index is 11.3. The average molecular weight is 155 g/mol. The van der Waals surface area contributed by atoms with Crippen molar-refractivity contribution in [3.05, 3.63) is 0 Å². The average Bonchev–Trinajstić information content (AvgIpc) is 2.72. The van der Waals surface area contributed by atoms with Gasteiger partial charge in [-0.2, -0.15) is 0 Å². The largest absolute Gasteiger partial charge is 0.322 e. The van der Waals surface area contributed by atoms with Gasteiger partial charge in [0.25, 0.3) is 0 Å². The van der Waals surface area contributed by atoms with Gasteiger partial charge in [0.05, 0.1) is 6.04 Å². The van der Waals surface area contributed by atoms with Crippen LogP contribution in [0.4, 0.5) is 0 Å². The van der Waals surface area contributed by atoms with Crippen molar-refractivity contribution >= 4 is 5.78 Å². The van der Waals surface area contributed by atoms with E-state index < -0.39 is 0 Å². The van der Waals surface area contributed by atoms with Crippen molar-refractivity contribution in [1.82, 2.24) is 0 Å². The molecule has 64 valence electrons. The van der Waals surface area contributed by atoms with Crippen LogP contribution in [-0.2, 0) is 4.79 Å². The van der Waals surface area contributed by atoms with E-state index in [9.17, 15) is 4.79 Å². The molecule has 2 nitrogen and oxygen atoms in total. The highest BCUT2D eigenvalue weighted by Gasteiger charge is 2.26. The molecule has 2 N–H and O–H groups in total. The molecule has 0 radical (unpaired) electrons. The minimum absolute atomic E-state index is 0.180. The number of hydrogen-bond acceptors (Lipinski definition) is 2. The molecular weight excluding hydrogens is 138 g/mol. The second kappa shape index (κ2) is 3.86. The first-order valence-corrected chi connectivity index (χ1v) is 4.52. The van der Waals surface area contributed by atoms with Crippen molar-refractivity contribution in [1.29, 1.82) is 0 Å². The minimum atomic E-state index is -0.180. The van der Waals surface area contributed by atoms with Gasteiger partial charge < -0.3 is 5.73 Å². The molecule has 0 aromatic heterocycles. The smallest absolute Gasteiger partial charge is 0.149 e. The lowest BCUT2D eigenvalue weighted by atomic mass is 10.0. The van der Waals surface area contributed by atoms with Gasteiger partial charge in [-0.3, -0.25) is 4.79 Å². The SMILES string of the molecule is CCC[C@@H](N)C(=O)CC1CC1. The molecule has 11 heavy (non-hydrogen) atoms. The van der Waals surface area contributed by atoms with Crippen LogP contribution in [-0.4, -0.2) is 11.8 Å². The van der Waals surface area contributed by atoms with Crippen molar-refractivity contribution in [2.45, 2.75) is 45.1 Å². The zero-order valence-electron chi connectivity index (χ0n) is 7.18. The van der Waals surface area contributed by atoms with E-state index in [-0.39, 0.29) is 11.8 Å². The minimum Gasteiger partial charge on any atom is -0.322 e. The Kier molecular flexibility index (Phi) is 3.06. The Hall–Kier alpha value is -0.370. The van der Waals surface area contributed by atoms with E-state index in [4.69, 9.17) is 5.73 Å². The fraction of sp³-hybridized carbons (Fsp3) is 0.889. The first kappa shape index (κ1) is 8.72. The Morgan fingerprint density at radius 3 is 2.73 bits per heavy atom. The van der Waals surface area contributed by atoms with Crippen molar-refractivity contribution in [2.24, 2.45) is 11.7 Å². The molecule has 1 aliphatic rings. The third-order valence-corrected chi connectivity index (χ3v) is 2.20. The van der Waals surface area contributed by atoms with Crippen molar-refractivity contribution in [3.8, 4) is 0 Å². The molecule has 0 aromatic rings. The predicted molar refractivity (Wildman–Crippen MR) is 45.2 cm³/mol. The first-order chi connectivity index (χ1) is 5.24. The molecule has 1 rings (SSSR count). The van der Waals surface area contributed by atoms with Crippen molar-refractivity contribution in [2.75, 3.05) is 0 Å². The van der Waals surface area contributed by atoms with Crippen LogP contribution in [0.5, 0.6) is 0 Å². The zero-order valence-corrected chi connectivity index (χ0v) is 7.18. The van der Waals surface area contributed by atoms with Crippen LogP contribution in [0.25, 0.3) is 0 Å². The van der Waals surface area contributed by atoms with Crippen molar-refractivity contribution in [3.63, 3.8) is 0 Å². The summed E-state index contributed by atoms with van der Waals surface area (Å²) >= 11 is 0. The fourth-order valence-corrected chi connectivity index (χ4v) is 1.23. The van der Waals surface area contributed by atoms with Gasteiger partial charge in [-0.15, -0.1) is 0 Å². The third kappa shape index (κ3) is 3.02. The van der Waals surface area contributed by atoms with E-state index in [2.05, 4.69) is 6.92 Å². The van der Waals surface area contributed by atoms with Crippen LogP contribution < -0.4 is 5.73 Å². The van der Waals surface area contributed by atoms with Crippen LogP contribution in [0.2, 0.25) is 0 Å². The maximum atomic E-state index is 11.3. The van der Waals surface area contributed by atoms with Gasteiger partial charge in [0, 0.05) is 6.42 Å². The Morgan fingerprint density at radius 1 is 1.64 bits per heavy atom. The van der Waals surface area contributed by atoms with Crippen LogP contribution in [0.1, 0.15) is 39.0 Å². The summed E-state index contributed by atoms with van der Waals surface area (Å²) in [6, 6.07) is -0.180. The lowest BCUT2D eigenvalue weighted by molar-refractivity contribution is -0.120. The number of hydrogen-bond donors (Lipinski definition) is 1. The van der Waals surface area contributed by atoms with Crippen LogP contribution in [0.15, 0.2) is 0 Å². The van der Waals surface area contributed by atoms with Crippen LogP contribution in [0, 0.1) is 5.92 Å². The van der Waals surface area contributed by atoms with Crippen LogP contribution >= 0.6 is 0 Å². The molecular formula is C9H17NO. The Labute approximate surface area is 68.2 Å². The second-order valence-electron chi connectivity index (χ2n) is 3.51. The Bertz CT molecular complexity index is 140. The number of nitrogens with two attached hydrogens (primary N) is 1. The number of ketones is 1. The van der Waals surface area contributed by atoms with Gasteiger partial charge in [0.1, 0.15) is 5.78 Å². The number of rotatable bonds is 5. The van der Waals surface area contributed by atoms with E-state index in [1.807, 2.05) is 0 Å². The summed E-state index contributed by atoms with van der Waals surface area (Å²) in [5.74, 6) is 0.958. The summed E-state index contributed by atoms with van der Waals surface area (Å²) in [7, 11) is 0. The molecule has 2 heteroatoms. The first-order valence-electron chi connectivity index (χ1n) is 4.52. The fourth-order valence-electron chi connectivity index (χ4n) is 1.23. The lowest BCUT2D eigenvalue weighted by Gasteiger charge is -2.07. The molecule has 0 unspecified atom stereocenters. The van der Waals surface area contributed by atoms with Gasteiger partial charge in [-0.1, -0.05) is 13.3 Å². The maximum Gasteiger partial charge on any atom is 0.149 e. The third-order valence-electron chi connectivity index (χ3n) is 2.20. The highest BCUT2D eigenvalue weighted by Crippen LogP contribution is 2.32. The van der Waals surface area contributed by atoms with E-state index >= 15 is 0 Å². The number of Topliss-reactive ketones (excluding diaryl/α,β-unsaturated/α-hetero) is 1. The zero-order chi connectivity index (χ0) is 8.27. The summed E-state index contributed by atoms with van der Waals surface area (Å²) in [6.07, 6.45) is 5.08. The molecule has 1 fully saturated rings. The van der Waals surface area contributed by atoms with E-state index in [1.165, 1.54) is 12.8 Å². The van der Waals surface area contributed by atoms with E-state index in [0.717, 1.165) is 19.3 Å². The molecule has 0 spiro atoms. The molecule has 0 saturated heterocycles. The van der Waals surface area contributed by atoms with Gasteiger partial charge in [0.15, 0.2) is 0 Å².